The first-order valence-electron chi connectivity index (χ1n) is 5.87. The van der Waals surface area contributed by atoms with E-state index >= 15 is 0 Å². The molecular weight excluding hydrogens is 344 g/mol. The van der Waals surface area contributed by atoms with Crippen LogP contribution in [0.1, 0.15) is 12.8 Å². The number of hydrogen-bond donors (Lipinski definition) is 2. The average molecular weight is 360 g/mol. The van der Waals surface area contributed by atoms with Crippen LogP contribution in [0.5, 0.6) is 0 Å². The summed E-state index contributed by atoms with van der Waals surface area (Å²) in [7, 11) is -8.42. The zero-order valence-electron chi connectivity index (χ0n) is 11.4. The molecule has 0 aromatic heterocycles. The van der Waals surface area contributed by atoms with Crippen molar-refractivity contribution in [2.45, 2.75) is 12.8 Å². The summed E-state index contributed by atoms with van der Waals surface area (Å²) in [5, 5.41) is 0. The van der Waals surface area contributed by atoms with E-state index in [0.717, 1.165) is 0 Å². The molecule has 0 aromatic rings. The third-order valence-electron chi connectivity index (χ3n) is 1.94. The minimum Gasteiger partial charge on any atom is -0.346 e. The number of carbonyl (C=O) groups is 3. The van der Waals surface area contributed by atoms with Crippen LogP contribution in [0, 0.1) is 0 Å². The van der Waals surface area contributed by atoms with E-state index in [1.165, 1.54) is 0 Å². The fourth-order valence-corrected chi connectivity index (χ4v) is 2.47. The molecule has 0 heterocycles. The predicted molar refractivity (Wildman–Crippen MR) is 72.1 cm³/mol. The molecule has 0 saturated carbocycles. The number of ketones is 1. The Morgan fingerprint density at radius 2 is 1.23 bits per heavy atom. The minimum atomic E-state index is -4.27. The van der Waals surface area contributed by atoms with Gasteiger partial charge in [0.05, 0.1) is 17.9 Å². The van der Waals surface area contributed by atoms with Crippen molar-refractivity contribution in [2.75, 3.05) is 24.6 Å². The molecular formula is C9H16N2O9S2. The maximum atomic E-state index is 11.3. The van der Waals surface area contributed by atoms with E-state index in [-0.39, 0.29) is 13.1 Å². The van der Waals surface area contributed by atoms with Gasteiger partial charge in [0.15, 0.2) is 0 Å². The van der Waals surface area contributed by atoms with Crippen molar-refractivity contribution in [3.05, 3.63) is 0 Å². The van der Waals surface area contributed by atoms with Crippen LogP contribution < -0.4 is 11.5 Å². The zero-order chi connectivity index (χ0) is 17.4. The Balaban J connectivity index is 4.40. The largest absolute Gasteiger partial charge is 0.390 e. The lowest BCUT2D eigenvalue weighted by molar-refractivity contribution is -0.147. The second-order valence-corrected chi connectivity index (χ2v) is 7.23. The molecule has 0 atom stereocenters. The quantitative estimate of drug-likeness (QED) is 0.298. The van der Waals surface area contributed by atoms with Gasteiger partial charge in [0.25, 0.3) is 0 Å². The molecule has 0 fully saturated rings. The van der Waals surface area contributed by atoms with Gasteiger partial charge in [-0.3, -0.25) is 9.59 Å². The highest BCUT2D eigenvalue weighted by Gasteiger charge is 2.24. The predicted octanol–water partition coefficient (Wildman–Crippen LogP) is -3.00. The summed E-state index contributed by atoms with van der Waals surface area (Å²) in [5.41, 5.74) is 9.95. The fraction of sp³-hybridized carbons (Fsp3) is 0.667. The Morgan fingerprint density at radius 1 is 0.773 bits per heavy atom. The van der Waals surface area contributed by atoms with E-state index in [2.05, 4.69) is 8.37 Å². The van der Waals surface area contributed by atoms with Crippen molar-refractivity contribution >= 4 is 38.0 Å². The third kappa shape index (κ3) is 8.66. The molecule has 128 valence electrons. The molecule has 0 aliphatic carbocycles. The molecule has 0 unspecified atom stereocenters. The number of carbonyl (C=O) groups excluding carboxylic acids is 3. The van der Waals surface area contributed by atoms with Gasteiger partial charge in [0, 0.05) is 19.5 Å². The summed E-state index contributed by atoms with van der Waals surface area (Å²) in [5.74, 6) is -5.54. The van der Waals surface area contributed by atoms with Crippen molar-refractivity contribution in [1.29, 1.82) is 0 Å². The molecule has 11 nitrogen and oxygen atoms in total. The standard InChI is InChI=1S/C9H16N2O9S2/c10-3-5-21(15,16)19-8(13)2-1-7(12)9(14)20-22(17,18)6-4-11/h1-6,10-11H2. The molecule has 22 heavy (non-hydrogen) atoms. The van der Waals surface area contributed by atoms with Crippen molar-refractivity contribution in [3.8, 4) is 0 Å². The Labute approximate surface area is 127 Å². The van der Waals surface area contributed by atoms with Crippen molar-refractivity contribution in [1.82, 2.24) is 0 Å². The summed E-state index contributed by atoms with van der Waals surface area (Å²) in [6, 6.07) is 0. The maximum Gasteiger partial charge on any atom is 0.390 e. The van der Waals surface area contributed by atoms with E-state index in [4.69, 9.17) is 11.5 Å². The monoisotopic (exact) mass is 360 g/mol. The van der Waals surface area contributed by atoms with Gasteiger partial charge in [-0.2, -0.15) is 16.8 Å². The molecule has 0 aliphatic rings. The fourth-order valence-electron chi connectivity index (χ4n) is 1.03. The lowest BCUT2D eigenvalue weighted by atomic mass is 10.2. The third-order valence-corrected chi connectivity index (χ3v) is 4.26. The molecule has 0 aliphatic heterocycles. The molecule has 0 bridgehead atoms. The van der Waals surface area contributed by atoms with Crippen LogP contribution in [0.2, 0.25) is 0 Å². The second kappa shape index (κ2) is 8.77. The first-order chi connectivity index (χ1) is 10.0. The van der Waals surface area contributed by atoms with Crippen LogP contribution in [-0.4, -0.2) is 59.2 Å². The zero-order valence-corrected chi connectivity index (χ0v) is 13.0. The van der Waals surface area contributed by atoms with Crippen LogP contribution in [0.15, 0.2) is 0 Å². The van der Waals surface area contributed by atoms with Crippen molar-refractivity contribution in [2.24, 2.45) is 11.5 Å². The first kappa shape index (κ1) is 20.4. The molecule has 0 radical (unpaired) electrons. The van der Waals surface area contributed by atoms with Gasteiger partial charge in [-0.1, -0.05) is 0 Å². The van der Waals surface area contributed by atoms with Gasteiger partial charge in [-0.25, -0.2) is 4.79 Å². The normalized spacial score (nSPS) is 11.7. The average Bonchev–Trinajstić information content (AvgIpc) is 2.34. The number of nitrogens with two attached hydrogens (primary N) is 2. The van der Waals surface area contributed by atoms with Gasteiger partial charge in [0.1, 0.15) is 0 Å². The number of rotatable bonds is 10. The maximum absolute atomic E-state index is 11.3. The van der Waals surface area contributed by atoms with E-state index in [1.54, 1.807) is 0 Å². The summed E-state index contributed by atoms with van der Waals surface area (Å²) in [6.07, 6.45) is -1.51. The van der Waals surface area contributed by atoms with Gasteiger partial charge >= 0.3 is 32.2 Å². The van der Waals surface area contributed by atoms with Crippen molar-refractivity contribution < 1.29 is 39.6 Å². The summed E-state index contributed by atoms with van der Waals surface area (Å²) < 4.78 is 52.3. The van der Waals surface area contributed by atoms with Crippen LogP contribution in [0.3, 0.4) is 0 Å². The molecule has 0 rings (SSSR count). The molecule has 0 aromatic carbocycles. The Kier molecular flexibility index (Phi) is 8.15. The SMILES string of the molecule is NCCS(=O)(=O)OC(=O)CCC(=O)C(=O)OS(=O)(=O)CCN. The highest BCUT2D eigenvalue weighted by Crippen LogP contribution is 2.03. The van der Waals surface area contributed by atoms with Gasteiger partial charge in [-0.15, -0.1) is 0 Å². The smallest absolute Gasteiger partial charge is 0.346 e. The molecule has 13 heteroatoms. The van der Waals surface area contributed by atoms with Crippen LogP contribution in [0.25, 0.3) is 0 Å². The highest BCUT2D eigenvalue weighted by molar-refractivity contribution is 7.87. The lowest BCUT2D eigenvalue weighted by Gasteiger charge is -2.05. The number of hydrogen-bond acceptors (Lipinski definition) is 11. The van der Waals surface area contributed by atoms with Crippen molar-refractivity contribution in [3.63, 3.8) is 0 Å². The number of Topliss-reactive ketones (excluding diaryl/α,β-unsaturated/α-hetero) is 1. The van der Waals surface area contributed by atoms with Gasteiger partial charge in [-0.05, 0) is 0 Å². The molecule has 0 spiro atoms. The molecule has 0 amide bonds. The minimum absolute atomic E-state index is 0.264. The van der Waals surface area contributed by atoms with Crippen LogP contribution in [-0.2, 0) is 43.0 Å². The summed E-state index contributed by atoms with van der Waals surface area (Å²) in [4.78, 5) is 33.6. The summed E-state index contributed by atoms with van der Waals surface area (Å²) in [6.45, 7) is -0.574. The van der Waals surface area contributed by atoms with Gasteiger partial charge < -0.3 is 19.8 Å². The molecule has 4 N–H and O–H groups in total. The van der Waals surface area contributed by atoms with E-state index in [0.29, 0.717) is 0 Å². The molecule has 0 saturated heterocycles. The highest BCUT2D eigenvalue weighted by atomic mass is 32.2. The lowest BCUT2D eigenvalue weighted by Crippen LogP contribution is -2.26. The Hall–Kier alpha value is -1.57. The van der Waals surface area contributed by atoms with Crippen LogP contribution >= 0.6 is 0 Å². The van der Waals surface area contributed by atoms with E-state index in [1.807, 2.05) is 0 Å². The first-order valence-corrected chi connectivity index (χ1v) is 9.03. The van der Waals surface area contributed by atoms with Crippen LogP contribution in [0.4, 0.5) is 0 Å². The summed E-state index contributed by atoms with van der Waals surface area (Å²) >= 11 is 0. The Morgan fingerprint density at radius 3 is 1.68 bits per heavy atom. The van der Waals surface area contributed by atoms with E-state index in [9.17, 15) is 31.2 Å². The van der Waals surface area contributed by atoms with E-state index < -0.39 is 62.3 Å². The second-order valence-electron chi connectivity index (χ2n) is 3.85. The Bertz CT molecular complexity index is 623. The topological polar surface area (TPSA) is 190 Å². The van der Waals surface area contributed by atoms with Gasteiger partial charge in [0.2, 0.25) is 5.78 Å².